The van der Waals surface area contributed by atoms with E-state index in [4.69, 9.17) is 4.74 Å². The van der Waals surface area contributed by atoms with Gasteiger partial charge < -0.3 is 20.5 Å². The summed E-state index contributed by atoms with van der Waals surface area (Å²) in [5.74, 6) is 1.82. The van der Waals surface area contributed by atoms with E-state index in [1.54, 1.807) is 0 Å². The normalized spacial score (nSPS) is 18.8. The highest BCUT2D eigenvalue weighted by Crippen LogP contribution is 2.31. The number of aliphatic imine (C=N–C) groups is 1. The molecule has 5 heteroatoms. The summed E-state index contributed by atoms with van der Waals surface area (Å²) in [4.78, 5) is 4.52. The first-order chi connectivity index (χ1) is 11.2. The van der Waals surface area contributed by atoms with Crippen LogP contribution in [0.25, 0.3) is 0 Å². The number of hydrogen-bond donors (Lipinski definition) is 3. The van der Waals surface area contributed by atoms with Gasteiger partial charge >= 0.3 is 0 Å². The largest absolute Gasteiger partial charge is 0.493 e. The minimum Gasteiger partial charge on any atom is -0.493 e. The Morgan fingerprint density at radius 3 is 2.96 bits per heavy atom. The SMILES string of the molecule is CCNC(=NCC1(O)CCC1)NCCc1ccc2c(c1)CCO2. The summed E-state index contributed by atoms with van der Waals surface area (Å²) in [5, 5.41) is 16.7. The van der Waals surface area contributed by atoms with Gasteiger partial charge in [-0.05, 0) is 49.8 Å². The fourth-order valence-corrected chi connectivity index (χ4v) is 3.03. The van der Waals surface area contributed by atoms with Gasteiger partial charge in [-0.15, -0.1) is 0 Å². The van der Waals surface area contributed by atoms with Crippen molar-refractivity contribution in [1.82, 2.24) is 10.6 Å². The third kappa shape index (κ3) is 4.16. The standard InChI is InChI=1S/C18H27N3O2/c1-2-19-17(21-13-18(22)8-3-9-18)20-10-6-14-4-5-16-15(12-14)7-11-23-16/h4-5,12,22H,2-3,6-11,13H2,1H3,(H2,19,20,21). The van der Waals surface area contributed by atoms with Gasteiger partial charge in [0.2, 0.25) is 0 Å². The van der Waals surface area contributed by atoms with Crippen molar-refractivity contribution in [2.24, 2.45) is 4.99 Å². The molecule has 0 spiro atoms. The van der Waals surface area contributed by atoms with Crippen molar-refractivity contribution in [2.75, 3.05) is 26.2 Å². The molecule has 2 aliphatic rings. The summed E-state index contributed by atoms with van der Waals surface area (Å²) >= 11 is 0. The topological polar surface area (TPSA) is 65.9 Å². The Hall–Kier alpha value is -1.75. The van der Waals surface area contributed by atoms with Crippen LogP contribution >= 0.6 is 0 Å². The average molecular weight is 317 g/mol. The third-order valence-electron chi connectivity index (χ3n) is 4.62. The van der Waals surface area contributed by atoms with Crippen LogP contribution in [0.15, 0.2) is 23.2 Å². The van der Waals surface area contributed by atoms with Crippen LogP contribution in [0.2, 0.25) is 0 Å². The van der Waals surface area contributed by atoms with Crippen LogP contribution in [0.4, 0.5) is 0 Å². The molecular weight excluding hydrogens is 290 g/mol. The predicted molar refractivity (Wildman–Crippen MR) is 92.1 cm³/mol. The molecule has 1 aliphatic carbocycles. The van der Waals surface area contributed by atoms with E-state index in [0.29, 0.717) is 6.54 Å². The summed E-state index contributed by atoms with van der Waals surface area (Å²) in [6.07, 6.45) is 4.81. The van der Waals surface area contributed by atoms with E-state index in [9.17, 15) is 5.11 Å². The highest BCUT2D eigenvalue weighted by Gasteiger charge is 2.34. The Kier molecular flexibility index (Phi) is 5.06. The van der Waals surface area contributed by atoms with Crippen LogP contribution in [0.1, 0.15) is 37.3 Å². The minimum atomic E-state index is -0.567. The smallest absolute Gasteiger partial charge is 0.191 e. The Labute approximate surface area is 138 Å². The second kappa shape index (κ2) is 7.21. The first kappa shape index (κ1) is 16.1. The van der Waals surface area contributed by atoms with E-state index in [1.165, 1.54) is 11.1 Å². The lowest BCUT2D eigenvalue weighted by molar-refractivity contribution is -0.0236. The van der Waals surface area contributed by atoms with Crippen molar-refractivity contribution in [3.8, 4) is 5.75 Å². The summed E-state index contributed by atoms with van der Waals surface area (Å²) in [7, 11) is 0. The number of fused-ring (bicyclic) bond motifs is 1. The molecule has 0 amide bonds. The van der Waals surface area contributed by atoms with Crippen LogP contribution in [0.3, 0.4) is 0 Å². The average Bonchev–Trinajstić information content (AvgIpc) is 2.98. The molecule has 1 aliphatic heterocycles. The molecular formula is C18H27N3O2. The number of aliphatic hydroxyl groups is 1. The van der Waals surface area contributed by atoms with Gasteiger partial charge in [0.05, 0.1) is 18.8 Å². The summed E-state index contributed by atoms with van der Waals surface area (Å²) in [5.41, 5.74) is 2.06. The fraction of sp³-hybridized carbons (Fsp3) is 0.611. The summed E-state index contributed by atoms with van der Waals surface area (Å²) in [6, 6.07) is 6.45. The molecule has 126 valence electrons. The number of ether oxygens (including phenoxy) is 1. The molecule has 5 nitrogen and oxygen atoms in total. The van der Waals surface area contributed by atoms with Gasteiger partial charge in [-0.3, -0.25) is 4.99 Å². The maximum Gasteiger partial charge on any atom is 0.191 e. The van der Waals surface area contributed by atoms with E-state index in [0.717, 1.165) is 63.5 Å². The van der Waals surface area contributed by atoms with E-state index in [2.05, 4.69) is 40.7 Å². The number of rotatable bonds is 6. The molecule has 3 rings (SSSR count). The molecule has 1 aromatic carbocycles. The van der Waals surface area contributed by atoms with Crippen molar-refractivity contribution in [2.45, 2.75) is 44.6 Å². The molecule has 0 aromatic heterocycles. The molecule has 23 heavy (non-hydrogen) atoms. The van der Waals surface area contributed by atoms with Gasteiger partial charge in [-0.25, -0.2) is 0 Å². The lowest BCUT2D eigenvalue weighted by atomic mass is 9.80. The lowest BCUT2D eigenvalue weighted by Gasteiger charge is -2.35. The fourth-order valence-electron chi connectivity index (χ4n) is 3.03. The van der Waals surface area contributed by atoms with Gasteiger partial charge in [0.15, 0.2) is 5.96 Å². The van der Waals surface area contributed by atoms with Crippen LogP contribution in [-0.2, 0) is 12.8 Å². The van der Waals surface area contributed by atoms with Gasteiger partial charge in [0.1, 0.15) is 5.75 Å². The number of benzene rings is 1. The Balaban J connectivity index is 1.49. The van der Waals surface area contributed by atoms with Gasteiger partial charge in [0, 0.05) is 19.5 Å². The Morgan fingerprint density at radius 2 is 2.22 bits per heavy atom. The third-order valence-corrected chi connectivity index (χ3v) is 4.62. The molecule has 0 atom stereocenters. The monoisotopic (exact) mass is 317 g/mol. The summed E-state index contributed by atoms with van der Waals surface area (Å²) in [6.45, 7) is 4.98. The molecule has 3 N–H and O–H groups in total. The highest BCUT2D eigenvalue weighted by atomic mass is 16.5. The van der Waals surface area contributed by atoms with Crippen molar-refractivity contribution >= 4 is 5.96 Å². The van der Waals surface area contributed by atoms with Crippen LogP contribution < -0.4 is 15.4 Å². The number of nitrogens with zero attached hydrogens (tertiary/aromatic N) is 1. The van der Waals surface area contributed by atoms with Crippen molar-refractivity contribution < 1.29 is 9.84 Å². The number of hydrogen-bond acceptors (Lipinski definition) is 3. The van der Waals surface area contributed by atoms with Crippen LogP contribution in [-0.4, -0.2) is 42.9 Å². The molecule has 1 fully saturated rings. The van der Waals surface area contributed by atoms with E-state index in [1.807, 2.05) is 0 Å². The van der Waals surface area contributed by atoms with Gasteiger partial charge in [-0.1, -0.05) is 12.1 Å². The maximum absolute atomic E-state index is 10.1. The van der Waals surface area contributed by atoms with Crippen molar-refractivity contribution in [1.29, 1.82) is 0 Å². The number of guanidine groups is 1. The van der Waals surface area contributed by atoms with Gasteiger partial charge in [0.25, 0.3) is 0 Å². The molecule has 1 aromatic rings. The number of nitrogens with one attached hydrogen (secondary N) is 2. The molecule has 0 saturated heterocycles. The highest BCUT2D eigenvalue weighted by molar-refractivity contribution is 5.79. The zero-order valence-electron chi connectivity index (χ0n) is 13.9. The van der Waals surface area contributed by atoms with E-state index >= 15 is 0 Å². The maximum atomic E-state index is 10.1. The minimum absolute atomic E-state index is 0.485. The molecule has 0 unspecified atom stereocenters. The zero-order valence-corrected chi connectivity index (χ0v) is 13.9. The van der Waals surface area contributed by atoms with Crippen molar-refractivity contribution in [3.63, 3.8) is 0 Å². The molecule has 1 heterocycles. The Morgan fingerprint density at radius 1 is 1.35 bits per heavy atom. The van der Waals surface area contributed by atoms with Crippen LogP contribution in [0, 0.1) is 0 Å². The van der Waals surface area contributed by atoms with E-state index in [-0.39, 0.29) is 0 Å². The first-order valence-corrected chi connectivity index (χ1v) is 8.68. The molecule has 0 radical (unpaired) electrons. The zero-order chi connectivity index (χ0) is 16.1. The summed E-state index contributed by atoms with van der Waals surface area (Å²) < 4.78 is 5.54. The van der Waals surface area contributed by atoms with Crippen molar-refractivity contribution in [3.05, 3.63) is 29.3 Å². The molecule has 0 bridgehead atoms. The Bertz CT molecular complexity index is 567. The quantitative estimate of drug-likeness (QED) is 0.551. The van der Waals surface area contributed by atoms with E-state index < -0.39 is 5.60 Å². The second-order valence-electron chi connectivity index (χ2n) is 6.49. The lowest BCUT2D eigenvalue weighted by Crippen LogP contribution is -2.43. The van der Waals surface area contributed by atoms with Crippen LogP contribution in [0.5, 0.6) is 5.75 Å². The second-order valence-corrected chi connectivity index (χ2v) is 6.49. The first-order valence-electron chi connectivity index (χ1n) is 8.68. The predicted octanol–water partition coefficient (Wildman–Crippen LogP) is 1.63. The van der Waals surface area contributed by atoms with Gasteiger partial charge in [-0.2, -0.15) is 0 Å². The molecule has 1 saturated carbocycles.